The van der Waals surface area contributed by atoms with Crippen molar-refractivity contribution < 1.29 is 9.84 Å². The van der Waals surface area contributed by atoms with Crippen LogP contribution >= 0.6 is 0 Å². The summed E-state index contributed by atoms with van der Waals surface area (Å²) in [6.45, 7) is 0.391. The number of aromatic hydroxyl groups is 1. The third kappa shape index (κ3) is 1.82. The van der Waals surface area contributed by atoms with Crippen LogP contribution in [0.25, 0.3) is 0 Å². The predicted octanol–water partition coefficient (Wildman–Crippen LogP) is -0.336. The Morgan fingerprint density at radius 3 is 3.08 bits per heavy atom. The average molecular weight is 170 g/mol. The molecule has 0 radical (unpaired) electrons. The van der Waals surface area contributed by atoms with Gasteiger partial charge >= 0.3 is 0 Å². The van der Waals surface area contributed by atoms with Crippen LogP contribution < -0.4 is 5.56 Å². The molecule has 1 aromatic heterocycles. The molecule has 0 amide bonds. The van der Waals surface area contributed by atoms with E-state index in [9.17, 15) is 4.79 Å². The molecule has 0 aliphatic carbocycles. The van der Waals surface area contributed by atoms with Gasteiger partial charge < -0.3 is 14.8 Å². The summed E-state index contributed by atoms with van der Waals surface area (Å²) >= 11 is 0. The molecule has 0 atom stereocenters. The number of hydrogen-bond acceptors (Lipinski definition) is 4. The van der Waals surface area contributed by atoms with Crippen molar-refractivity contribution in [1.82, 2.24) is 9.97 Å². The molecule has 0 saturated heterocycles. The van der Waals surface area contributed by atoms with Gasteiger partial charge in [0.05, 0.1) is 18.5 Å². The van der Waals surface area contributed by atoms with Gasteiger partial charge in [-0.25, -0.2) is 4.98 Å². The second-order valence-electron chi connectivity index (χ2n) is 2.28. The number of methoxy groups -OCH3 is 1. The molecule has 1 aromatic rings. The molecule has 0 unspecified atom stereocenters. The fourth-order valence-electron chi connectivity index (χ4n) is 0.848. The van der Waals surface area contributed by atoms with Crippen molar-refractivity contribution in [2.45, 2.75) is 6.42 Å². The lowest BCUT2D eigenvalue weighted by atomic mass is 10.2. The van der Waals surface area contributed by atoms with E-state index < -0.39 is 0 Å². The summed E-state index contributed by atoms with van der Waals surface area (Å²) in [6, 6.07) is 0. The van der Waals surface area contributed by atoms with Gasteiger partial charge in [0.1, 0.15) is 0 Å². The molecular formula is C7H10N2O3. The summed E-state index contributed by atoms with van der Waals surface area (Å²) in [4.78, 5) is 16.9. The van der Waals surface area contributed by atoms with Crippen molar-refractivity contribution in [1.29, 1.82) is 0 Å². The molecule has 0 aromatic carbocycles. The van der Waals surface area contributed by atoms with E-state index in [1.54, 1.807) is 0 Å². The van der Waals surface area contributed by atoms with Crippen LogP contribution in [0.1, 0.15) is 5.56 Å². The first-order valence-electron chi connectivity index (χ1n) is 3.50. The highest BCUT2D eigenvalue weighted by molar-refractivity contribution is 5.20. The second-order valence-corrected chi connectivity index (χ2v) is 2.28. The highest BCUT2D eigenvalue weighted by atomic mass is 16.5. The van der Waals surface area contributed by atoms with Gasteiger partial charge in [-0.1, -0.05) is 0 Å². The van der Waals surface area contributed by atoms with E-state index in [-0.39, 0.29) is 17.0 Å². The van der Waals surface area contributed by atoms with Gasteiger partial charge in [-0.15, -0.1) is 0 Å². The molecule has 12 heavy (non-hydrogen) atoms. The minimum absolute atomic E-state index is 0.226. The SMILES string of the molecule is COCCc1c(O)nc[nH]c1=O. The molecule has 0 aliphatic heterocycles. The Balaban J connectivity index is 2.89. The first kappa shape index (κ1) is 8.73. The van der Waals surface area contributed by atoms with Crippen molar-refractivity contribution in [3.8, 4) is 5.88 Å². The number of aromatic amines is 1. The van der Waals surface area contributed by atoms with Crippen LogP contribution in [-0.4, -0.2) is 28.8 Å². The number of rotatable bonds is 3. The number of H-pyrrole nitrogens is 1. The molecule has 0 bridgehead atoms. The van der Waals surface area contributed by atoms with Gasteiger partial charge in [0.25, 0.3) is 5.56 Å². The molecule has 66 valence electrons. The van der Waals surface area contributed by atoms with E-state index in [2.05, 4.69) is 9.97 Å². The van der Waals surface area contributed by atoms with Gasteiger partial charge in [0, 0.05) is 13.5 Å². The van der Waals surface area contributed by atoms with Gasteiger partial charge in [0.2, 0.25) is 5.88 Å². The van der Waals surface area contributed by atoms with Crippen LogP contribution in [0.3, 0.4) is 0 Å². The zero-order valence-corrected chi connectivity index (χ0v) is 6.70. The molecular weight excluding hydrogens is 160 g/mol. The number of nitrogens with one attached hydrogen (secondary N) is 1. The lowest BCUT2D eigenvalue weighted by Crippen LogP contribution is -2.14. The Morgan fingerprint density at radius 2 is 2.50 bits per heavy atom. The first-order valence-corrected chi connectivity index (χ1v) is 3.50. The molecule has 1 heterocycles. The summed E-state index contributed by atoms with van der Waals surface area (Å²) in [7, 11) is 1.53. The molecule has 5 heteroatoms. The fraction of sp³-hybridized carbons (Fsp3) is 0.429. The predicted molar refractivity (Wildman–Crippen MR) is 42.1 cm³/mol. The number of aromatic nitrogens is 2. The quantitative estimate of drug-likeness (QED) is 0.651. The molecule has 0 fully saturated rings. The van der Waals surface area contributed by atoms with Crippen LogP contribution in [0.4, 0.5) is 0 Å². The monoisotopic (exact) mass is 170 g/mol. The Morgan fingerprint density at radius 1 is 1.75 bits per heavy atom. The van der Waals surface area contributed by atoms with Crippen molar-refractivity contribution >= 4 is 0 Å². The molecule has 2 N–H and O–H groups in total. The van der Waals surface area contributed by atoms with E-state index in [0.29, 0.717) is 13.0 Å². The molecule has 0 aliphatic rings. The Kier molecular flexibility index (Phi) is 2.82. The average Bonchev–Trinajstić information content (AvgIpc) is 2.04. The van der Waals surface area contributed by atoms with E-state index in [1.807, 2.05) is 0 Å². The van der Waals surface area contributed by atoms with Gasteiger partial charge in [-0.3, -0.25) is 4.79 Å². The van der Waals surface area contributed by atoms with Gasteiger partial charge in [0.15, 0.2) is 0 Å². The molecule has 5 nitrogen and oxygen atoms in total. The Hall–Kier alpha value is -1.36. The van der Waals surface area contributed by atoms with Crippen LogP contribution in [0.15, 0.2) is 11.1 Å². The minimum Gasteiger partial charge on any atom is -0.493 e. The smallest absolute Gasteiger partial charge is 0.257 e. The summed E-state index contributed by atoms with van der Waals surface area (Å²) in [6.07, 6.45) is 1.53. The standard InChI is InChI=1S/C7H10N2O3/c1-12-3-2-5-6(10)8-4-9-7(5)11/h4H,2-3H2,1H3,(H2,8,9,10,11). The minimum atomic E-state index is -0.320. The topological polar surface area (TPSA) is 75.2 Å². The summed E-state index contributed by atoms with van der Waals surface area (Å²) < 4.78 is 4.76. The van der Waals surface area contributed by atoms with Crippen LogP contribution in [0.5, 0.6) is 5.88 Å². The maximum absolute atomic E-state index is 11.0. The summed E-state index contributed by atoms with van der Waals surface area (Å²) in [5, 5.41) is 9.13. The molecule has 0 saturated carbocycles. The summed E-state index contributed by atoms with van der Waals surface area (Å²) in [5.41, 5.74) is -0.0566. The first-order chi connectivity index (χ1) is 5.75. The third-order valence-electron chi connectivity index (χ3n) is 1.48. The van der Waals surface area contributed by atoms with Gasteiger partial charge in [-0.2, -0.15) is 0 Å². The Bertz CT molecular complexity index is 308. The van der Waals surface area contributed by atoms with Crippen molar-refractivity contribution in [3.05, 3.63) is 22.2 Å². The number of ether oxygens (including phenoxy) is 1. The zero-order chi connectivity index (χ0) is 8.97. The maximum atomic E-state index is 11.0. The van der Waals surface area contributed by atoms with Gasteiger partial charge in [-0.05, 0) is 0 Å². The van der Waals surface area contributed by atoms with Crippen LogP contribution in [0.2, 0.25) is 0 Å². The summed E-state index contributed by atoms with van der Waals surface area (Å²) in [5.74, 6) is -0.226. The highest BCUT2D eigenvalue weighted by Gasteiger charge is 2.05. The third-order valence-corrected chi connectivity index (χ3v) is 1.48. The number of hydrogen-bond donors (Lipinski definition) is 2. The van der Waals surface area contributed by atoms with E-state index in [1.165, 1.54) is 7.11 Å². The van der Waals surface area contributed by atoms with Crippen LogP contribution in [0, 0.1) is 0 Å². The molecule has 1 rings (SSSR count). The lowest BCUT2D eigenvalue weighted by Gasteiger charge is -1.99. The highest BCUT2D eigenvalue weighted by Crippen LogP contribution is 2.06. The van der Waals surface area contributed by atoms with Crippen molar-refractivity contribution in [2.75, 3.05) is 13.7 Å². The second kappa shape index (κ2) is 3.87. The van der Waals surface area contributed by atoms with Crippen LogP contribution in [-0.2, 0) is 11.2 Å². The lowest BCUT2D eigenvalue weighted by molar-refractivity contribution is 0.201. The van der Waals surface area contributed by atoms with E-state index >= 15 is 0 Å². The Labute approximate surface area is 69.0 Å². The van der Waals surface area contributed by atoms with E-state index in [4.69, 9.17) is 9.84 Å². The van der Waals surface area contributed by atoms with Crippen molar-refractivity contribution in [3.63, 3.8) is 0 Å². The normalized spacial score (nSPS) is 10.1. The fourth-order valence-corrected chi connectivity index (χ4v) is 0.848. The maximum Gasteiger partial charge on any atom is 0.257 e. The van der Waals surface area contributed by atoms with Crippen molar-refractivity contribution in [2.24, 2.45) is 0 Å². The van der Waals surface area contributed by atoms with E-state index in [0.717, 1.165) is 6.33 Å². The largest absolute Gasteiger partial charge is 0.493 e. The zero-order valence-electron chi connectivity index (χ0n) is 6.70. The molecule has 0 spiro atoms. The number of nitrogens with zero attached hydrogens (tertiary/aromatic N) is 1.